The quantitative estimate of drug-likeness (QED) is 0.175. The van der Waals surface area contributed by atoms with Crippen LogP contribution in [0.5, 0.6) is 0 Å². The van der Waals surface area contributed by atoms with Gasteiger partial charge in [0.1, 0.15) is 5.82 Å². The molecule has 0 spiro atoms. The summed E-state index contributed by atoms with van der Waals surface area (Å²) >= 11 is 0. The first-order valence-electron chi connectivity index (χ1n) is 15.5. The molecule has 50 heavy (non-hydrogen) atoms. The topological polar surface area (TPSA) is 59.4 Å². The Morgan fingerprint density at radius 2 is 1.02 bits per heavy atom. The van der Waals surface area contributed by atoms with E-state index in [1.807, 2.05) is 0 Å². The van der Waals surface area contributed by atoms with Crippen molar-refractivity contribution in [3.63, 3.8) is 0 Å². The largest absolute Gasteiger partial charge is 0.416 e. The summed E-state index contributed by atoms with van der Waals surface area (Å²) in [6.07, 6.45) is -9.28. The molecule has 11 heteroatoms. The van der Waals surface area contributed by atoms with Crippen LogP contribution < -0.4 is 0 Å². The highest BCUT2D eigenvalue weighted by atomic mass is 19.4. The predicted molar refractivity (Wildman–Crippen MR) is 180 cm³/mol. The van der Waals surface area contributed by atoms with Crippen LogP contribution in [0.15, 0.2) is 103 Å². The SMILES string of the molecule is Cc1cc(-c2c(-n3c4ccccc4c4ccc(C(F)(F)F)cc43)cc(C#N)cc2-n2c3ccccc3c3ccc(C(F)(F)F)cc32)nc(C)n1. The number of halogens is 6. The minimum atomic E-state index is -4.64. The third kappa shape index (κ3) is 4.86. The van der Waals surface area contributed by atoms with Gasteiger partial charge in [0.25, 0.3) is 0 Å². The lowest BCUT2D eigenvalue weighted by Gasteiger charge is -2.21. The van der Waals surface area contributed by atoms with Crippen molar-refractivity contribution in [3.05, 3.63) is 131 Å². The zero-order valence-corrected chi connectivity index (χ0v) is 26.3. The maximum Gasteiger partial charge on any atom is 0.416 e. The summed E-state index contributed by atoms with van der Waals surface area (Å²) < 4.78 is 88.3. The van der Waals surface area contributed by atoms with Gasteiger partial charge < -0.3 is 9.13 Å². The summed E-state index contributed by atoms with van der Waals surface area (Å²) in [7, 11) is 0. The molecule has 0 fully saturated rings. The Labute approximate surface area is 280 Å². The molecule has 5 aromatic carbocycles. The third-order valence-corrected chi connectivity index (χ3v) is 8.93. The monoisotopic (exact) mass is 675 g/mol. The van der Waals surface area contributed by atoms with Crippen molar-refractivity contribution in [2.75, 3.05) is 0 Å². The molecule has 0 atom stereocenters. The lowest BCUT2D eigenvalue weighted by atomic mass is 10.0. The zero-order valence-electron chi connectivity index (χ0n) is 26.3. The van der Waals surface area contributed by atoms with E-state index in [0.717, 1.165) is 24.3 Å². The average molecular weight is 676 g/mol. The molecule has 0 bridgehead atoms. The van der Waals surface area contributed by atoms with Gasteiger partial charge in [0.15, 0.2) is 0 Å². The van der Waals surface area contributed by atoms with E-state index in [0.29, 0.717) is 66.7 Å². The fourth-order valence-electron chi connectivity index (χ4n) is 6.95. The van der Waals surface area contributed by atoms with Gasteiger partial charge in [-0.05, 0) is 68.4 Å². The predicted octanol–water partition coefficient (Wildman–Crippen LogP) is 10.9. The van der Waals surface area contributed by atoms with Crippen LogP contribution in [0.3, 0.4) is 0 Å². The van der Waals surface area contributed by atoms with E-state index in [-0.39, 0.29) is 16.6 Å². The Kier molecular flexibility index (Phi) is 6.81. The summed E-state index contributed by atoms with van der Waals surface area (Å²) in [5, 5.41) is 12.8. The van der Waals surface area contributed by atoms with E-state index in [9.17, 15) is 31.6 Å². The molecule has 5 nitrogen and oxygen atoms in total. The molecule has 0 N–H and O–H groups in total. The van der Waals surface area contributed by atoms with Crippen LogP contribution in [0.25, 0.3) is 66.2 Å². The maximum absolute atomic E-state index is 14.2. The summed E-state index contributed by atoms with van der Waals surface area (Å²) in [6.45, 7) is 3.47. The molecule has 0 aliphatic heterocycles. The van der Waals surface area contributed by atoms with Gasteiger partial charge in [-0.1, -0.05) is 48.5 Å². The number of nitriles is 1. The maximum atomic E-state index is 14.2. The van der Waals surface area contributed by atoms with Gasteiger partial charge in [-0.3, -0.25) is 0 Å². The van der Waals surface area contributed by atoms with Crippen LogP contribution in [-0.4, -0.2) is 19.1 Å². The molecule has 0 unspecified atom stereocenters. The van der Waals surface area contributed by atoms with E-state index >= 15 is 0 Å². The van der Waals surface area contributed by atoms with Crippen LogP contribution in [0.4, 0.5) is 26.3 Å². The van der Waals surface area contributed by atoms with Crippen LogP contribution in [-0.2, 0) is 12.4 Å². The Hall–Kier alpha value is -6.15. The number of aromatic nitrogens is 4. The summed E-state index contributed by atoms with van der Waals surface area (Å²) in [5.41, 5.74) is 2.00. The Bertz CT molecular complexity index is 2550. The Morgan fingerprint density at radius 1 is 0.560 bits per heavy atom. The lowest BCUT2D eigenvalue weighted by molar-refractivity contribution is -0.138. The molecule has 0 saturated heterocycles. The van der Waals surface area contributed by atoms with E-state index in [2.05, 4.69) is 11.1 Å². The van der Waals surface area contributed by atoms with E-state index in [4.69, 9.17) is 4.98 Å². The number of hydrogen-bond acceptors (Lipinski definition) is 3. The highest BCUT2D eigenvalue weighted by Crippen LogP contribution is 2.44. The minimum Gasteiger partial charge on any atom is -0.308 e. The van der Waals surface area contributed by atoms with E-state index < -0.39 is 23.5 Å². The number of fused-ring (bicyclic) bond motifs is 6. The van der Waals surface area contributed by atoms with Crippen LogP contribution in [0.1, 0.15) is 28.2 Å². The summed E-state index contributed by atoms with van der Waals surface area (Å²) in [6, 6.07) is 28.4. The number of aryl methyl sites for hydroxylation is 2. The number of nitrogens with zero attached hydrogens (tertiary/aromatic N) is 5. The fraction of sp³-hybridized carbons (Fsp3) is 0.103. The Morgan fingerprint density at radius 3 is 1.46 bits per heavy atom. The molecule has 3 aromatic heterocycles. The van der Waals surface area contributed by atoms with Gasteiger partial charge >= 0.3 is 12.4 Å². The Balaban J connectivity index is 1.61. The molecule has 3 heterocycles. The highest BCUT2D eigenvalue weighted by Gasteiger charge is 2.33. The van der Waals surface area contributed by atoms with Crippen molar-refractivity contribution in [2.24, 2.45) is 0 Å². The number of alkyl halides is 6. The smallest absolute Gasteiger partial charge is 0.308 e. The van der Waals surface area contributed by atoms with Crippen LogP contribution in [0.2, 0.25) is 0 Å². The second kappa shape index (κ2) is 10.9. The lowest BCUT2D eigenvalue weighted by Crippen LogP contribution is -2.08. The molecular weight excluding hydrogens is 652 g/mol. The number of benzene rings is 5. The highest BCUT2D eigenvalue weighted by molar-refractivity contribution is 6.12. The van der Waals surface area contributed by atoms with Gasteiger partial charge in [0, 0.05) is 32.8 Å². The van der Waals surface area contributed by atoms with Crippen molar-refractivity contribution in [3.8, 4) is 28.7 Å². The average Bonchev–Trinajstić information content (AvgIpc) is 3.58. The van der Waals surface area contributed by atoms with E-state index in [1.165, 1.54) is 12.1 Å². The van der Waals surface area contributed by atoms with Crippen molar-refractivity contribution in [1.82, 2.24) is 19.1 Å². The second-order valence-corrected chi connectivity index (χ2v) is 12.1. The molecule has 0 aliphatic rings. The molecule has 8 aromatic rings. The first-order valence-corrected chi connectivity index (χ1v) is 15.5. The summed E-state index contributed by atoms with van der Waals surface area (Å²) in [5.74, 6) is 0.407. The van der Waals surface area contributed by atoms with Crippen molar-refractivity contribution < 1.29 is 26.3 Å². The van der Waals surface area contributed by atoms with E-state index in [1.54, 1.807) is 89.7 Å². The van der Waals surface area contributed by atoms with Crippen molar-refractivity contribution in [2.45, 2.75) is 26.2 Å². The number of rotatable bonds is 3. The van der Waals surface area contributed by atoms with Gasteiger partial charge in [0.05, 0.1) is 61.9 Å². The molecule has 246 valence electrons. The first kappa shape index (κ1) is 31.1. The van der Waals surface area contributed by atoms with Crippen LogP contribution in [0, 0.1) is 25.2 Å². The second-order valence-electron chi connectivity index (χ2n) is 12.1. The normalized spacial score (nSPS) is 12.4. The third-order valence-electron chi connectivity index (χ3n) is 8.93. The van der Waals surface area contributed by atoms with Gasteiger partial charge in [-0.25, -0.2) is 9.97 Å². The van der Waals surface area contributed by atoms with Crippen molar-refractivity contribution in [1.29, 1.82) is 5.26 Å². The minimum absolute atomic E-state index is 0.136. The van der Waals surface area contributed by atoms with Gasteiger partial charge in [-0.15, -0.1) is 0 Å². The number of para-hydroxylation sites is 2. The number of hydrogen-bond donors (Lipinski definition) is 0. The molecular formula is C39H23F6N5. The molecule has 0 saturated carbocycles. The van der Waals surface area contributed by atoms with Gasteiger partial charge in [0.2, 0.25) is 0 Å². The summed E-state index contributed by atoms with van der Waals surface area (Å²) in [4.78, 5) is 9.18. The first-order chi connectivity index (χ1) is 23.8. The molecule has 0 aliphatic carbocycles. The molecule has 8 rings (SSSR count). The standard InChI is InChI=1S/C39H23F6N5/c1-21-15-30(48-22(2)47-21)37-35(49-31-9-5-3-7-26(31)28-13-11-24(18-33(28)49)38(40,41)42)16-23(20-46)17-36(37)50-32-10-6-4-8-27(32)29-14-12-25(19-34(29)50)39(43,44)45/h3-19H,1-2H3. The molecule has 0 amide bonds. The zero-order chi connectivity index (χ0) is 35.1. The fourth-order valence-corrected chi connectivity index (χ4v) is 6.95. The van der Waals surface area contributed by atoms with Crippen molar-refractivity contribution >= 4 is 43.6 Å². The van der Waals surface area contributed by atoms with Gasteiger partial charge in [-0.2, -0.15) is 31.6 Å². The molecule has 0 radical (unpaired) electrons. The van der Waals surface area contributed by atoms with Crippen LogP contribution >= 0.6 is 0 Å².